The van der Waals surface area contributed by atoms with E-state index in [2.05, 4.69) is 35.9 Å². The van der Waals surface area contributed by atoms with Crippen LogP contribution in [0.15, 0.2) is 41.8 Å². The van der Waals surface area contributed by atoms with E-state index < -0.39 is 15.8 Å². The maximum absolute atomic E-state index is 15.1. The minimum atomic E-state index is -3.78. The number of benzene rings is 1. The molecule has 1 aromatic carbocycles. The molecule has 0 bridgehead atoms. The summed E-state index contributed by atoms with van der Waals surface area (Å²) in [6.45, 7) is 6.44. The van der Waals surface area contributed by atoms with E-state index in [-0.39, 0.29) is 28.1 Å². The first-order valence-corrected chi connectivity index (χ1v) is 13.9. The van der Waals surface area contributed by atoms with Crippen LogP contribution in [0.2, 0.25) is 0 Å². The molecule has 5 heterocycles. The van der Waals surface area contributed by atoms with Gasteiger partial charge in [-0.2, -0.15) is 18.9 Å². The molecular formula is C24H28FN9O3S. The molecule has 12 nitrogen and oxygen atoms in total. The first kappa shape index (κ1) is 24.7. The molecule has 0 amide bonds. The van der Waals surface area contributed by atoms with Crippen LogP contribution in [0.4, 0.5) is 16.0 Å². The quantitative estimate of drug-likeness (QED) is 0.322. The van der Waals surface area contributed by atoms with E-state index in [0.29, 0.717) is 30.2 Å². The Balaban J connectivity index is 1.25. The van der Waals surface area contributed by atoms with Gasteiger partial charge in [0.1, 0.15) is 17.8 Å². The smallest absolute Gasteiger partial charge is 0.247 e. The Hall–Kier alpha value is -3.62. The fourth-order valence-electron chi connectivity index (χ4n) is 5.02. The van der Waals surface area contributed by atoms with Crippen molar-refractivity contribution in [2.75, 3.05) is 31.5 Å². The zero-order chi connectivity index (χ0) is 26.5. The number of H-pyrrole nitrogens is 1. The Morgan fingerprint density at radius 2 is 2.11 bits per heavy atom. The molecule has 4 aromatic rings. The van der Waals surface area contributed by atoms with Gasteiger partial charge in [-0.25, -0.2) is 17.8 Å². The van der Waals surface area contributed by atoms with Crippen molar-refractivity contribution < 1.29 is 17.5 Å². The number of sulfonamides is 1. The van der Waals surface area contributed by atoms with Gasteiger partial charge < -0.3 is 15.4 Å². The lowest BCUT2D eigenvalue weighted by Gasteiger charge is -2.51. The van der Waals surface area contributed by atoms with E-state index in [1.807, 2.05) is 13.8 Å². The second kappa shape index (κ2) is 9.29. The summed E-state index contributed by atoms with van der Waals surface area (Å²) in [6.07, 6.45) is 6.67. The molecule has 0 unspecified atom stereocenters. The van der Waals surface area contributed by atoms with Crippen LogP contribution in [0, 0.1) is 11.2 Å². The Morgan fingerprint density at radius 3 is 2.79 bits per heavy atom. The first-order valence-electron chi connectivity index (χ1n) is 12.4. The SMILES string of the molecule is CC(C)Oc1c(-c2cn[nH]c2)ncn2nc(Nc3ccc(S(=O)(=O)N4CC5(CCCNC5)C4)cc3F)nc12. The second-order valence-corrected chi connectivity index (χ2v) is 12.0. The highest BCUT2D eigenvalue weighted by Crippen LogP contribution is 2.40. The van der Waals surface area contributed by atoms with Crippen LogP contribution < -0.4 is 15.4 Å². The number of anilines is 2. The highest BCUT2D eigenvalue weighted by atomic mass is 32.2. The van der Waals surface area contributed by atoms with Crippen molar-refractivity contribution in [1.82, 2.24) is 39.4 Å². The van der Waals surface area contributed by atoms with Gasteiger partial charge in [-0.15, -0.1) is 5.10 Å². The molecule has 14 heteroatoms. The van der Waals surface area contributed by atoms with Gasteiger partial charge >= 0.3 is 0 Å². The summed E-state index contributed by atoms with van der Waals surface area (Å²) in [5.41, 5.74) is 1.68. The molecule has 2 aliphatic heterocycles. The first-order chi connectivity index (χ1) is 18.2. The molecule has 38 heavy (non-hydrogen) atoms. The number of hydrogen-bond acceptors (Lipinski definition) is 9. The maximum Gasteiger partial charge on any atom is 0.247 e. The lowest BCUT2D eigenvalue weighted by molar-refractivity contribution is 0.0435. The molecule has 0 aliphatic carbocycles. The van der Waals surface area contributed by atoms with Crippen LogP contribution in [-0.2, 0) is 10.0 Å². The summed E-state index contributed by atoms with van der Waals surface area (Å²) in [5.74, 6) is -0.212. The van der Waals surface area contributed by atoms with Crippen molar-refractivity contribution in [2.24, 2.45) is 5.41 Å². The summed E-state index contributed by atoms with van der Waals surface area (Å²) < 4.78 is 50.1. The molecule has 3 aromatic heterocycles. The summed E-state index contributed by atoms with van der Waals surface area (Å²) in [7, 11) is -3.78. The highest BCUT2D eigenvalue weighted by Gasteiger charge is 2.48. The molecule has 1 spiro atoms. The largest absolute Gasteiger partial charge is 0.485 e. The summed E-state index contributed by atoms with van der Waals surface area (Å²) in [5, 5.41) is 17.2. The number of rotatable bonds is 7. The van der Waals surface area contributed by atoms with Gasteiger partial charge in [-0.1, -0.05) is 0 Å². The molecule has 200 valence electrons. The minimum absolute atomic E-state index is 0.00930. The van der Waals surface area contributed by atoms with Crippen LogP contribution in [0.25, 0.3) is 16.9 Å². The van der Waals surface area contributed by atoms with Gasteiger partial charge in [0.15, 0.2) is 5.75 Å². The lowest BCUT2D eigenvalue weighted by Crippen LogP contribution is -2.63. The van der Waals surface area contributed by atoms with E-state index in [0.717, 1.165) is 37.6 Å². The zero-order valence-corrected chi connectivity index (χ0v) is 21.8. The van der Waals surface area contributed by atoms with Crippen LogP contribution in [0.5, 0.6) is 5.75 Å². The third kappa shape index (κ3) is 4.37. The van der Waals surface area contributed by atoms with Crippen LogP contribution in [-0.4, -0.2) is 74.8 Å². The van der Waals surface area contributed by atoms with Crippen molar-refractivity contribution in [3.63, 3.8) is 0 Å². The van der Waals surface area contributed by atoms with E-state index in [9.17, 15) is 8.42 Å². The molecule has 2 aliphatic rings. The topological polar surface area (TPSA) is 142 Å². The number of aromatic amines is 1. The van der Waals surface area contributed by atoms with Crippen molar-refractivity contribution in [2.45, 2.75) is 37.7 Å². The third-order valence-electron chi connectivity index (χ3n) is 6.88. The third-order valence-corrected chi connectivity index (χ3v) is 8.67. The highest BCUT2D eigenvalue weighted by molar-refractivity contribution is 7.89. The zero-order valence-electron chi connectivity index (χ0n) is 21.0. The van der Waals surface area contributed by atoms with Crippen molar-refractivity contribution >= 4 is 27.3 Å². The molecule has 0 saturated carbocycles. The van der Waals surface area contributed by atoms with Crippen LogP contribution >= 0.6 is 0 Å². The van der Waals surface area contributed by atoms with Crippen molar-refractivity contribution in [3.05, 3.63) is 42.7 Å². The fraction of sp³-hybridized carbons (Fsp3) is 0.417. The van der Waals surface area contributed by atoms with Crippen LogP contribution in [0.3, 0.4) is 0 Å². The second-order valence-electron chi connectivity index (χ2n) is 10.1. The number of aromatic nitrogens is 6. The Labute approximate surface area is 218 Å². The molecule has 0 radical (unpaired) electrons. The number of hydrogen-bond donors (Lipinski definition) is 3. The predicted molar refractivity (Wildman–Crippen MR) is 137 cm³/mol. The van der Waals surface area contributed by atoms with Gasteiger partial charge in [-0.05, 0) is 51.4 Å². The van der Waals surface area contributed by atoms with Gasteiger partial charge in [0.25, 0.3) is 0 Å². The average molecular weight is 542 g/mol. The van der Waals surface area contributed by atoms with Crippen molar-refractivity contribution in [3.8, 4) is 17.0 Å². The number of piperidine rings is 1. The predicted octanol–water partition coefficient (Wildman–Crippen LogP) is 2.56. The average Bonchev–Trinajstić information content (AvgIpc) is 3.54. The van der Waals surface area contributed by atoms with Gasteiger partial charge in [0.2, 0.25) is 21.6 Å². The summed E-state index contributed by atoms with van der Waals surface area (Å²) in [6, 6.07) is 3.81. The normalized spacial score (nSPS) is 17.7. The minimum Gasteiger partial charge on any atom is -0.485 e. The number of nitrogens with one attached hydrogen (secondary N) is 3. The molecule has 2 saturated heterocycles. The Kier molecular flexibility index (Phi) is 6.04. The molecule has 3 N–H and O–H groups in total. The van der Waals surface area contributed by atoms with E-state index in [4.69, 9.17) is 4.74 Å². The van der Waals surface area contributed by atoms with E-state index >= 15 is 4.39 Å². The number of fused-ring (bicyclic) bond motifs is 1. The standard InChI is InChI=1S/C24H28FN9O3S/c1-15(2)37-21-20(16-9-28-29-10-16)27-14-34-22(21)31-23(32-34)30-19-5-4-17(8-18(19)25)38(35,36)33-12-24(13-33)6-3-7-26-11-24/h4-5,8-10,14-15,26H,3,6-7,11-13H2,1-2H3,(H,28,29)(H,30,32). The van der Waals surface area contributed by atoms with Gasteiger partial charge in [0.05, 0.1) is 22.9 Å². The Bertz CT molecular complexity index is 1570. The maximum atomic E-state index is 15.1. The van der Waals surface area contributed by atoms with Gasteiger partial charge in [0, 0.05) is 36.8 Å². The number of nitrogens with zero attached hydrogens (tertiary/aromatic N) is 6. The summed E-state index contributed by atoms with van der Waals surface area (Å²) >= 11 is 0. The number of halogens is 1. The fourth-order valence-corrected chi connectivity index (χ4v) is 6.70. The molecule has 2 fully saturated rings. The molecular weight excluding hydrogens is 513 g/mol. The van der Waals surface area contributed by atoms with Gasteiger partial charge in [-0.3, -0.25) is 5.10 Å². The monoisotopic (exact) mass is 541 g/mol. The molecule has 6 rings (SSSR count). The Morgan fingerprint density at radius 1 is 1.26 bits per heavy atom. The lowest BCUT2D eigenvalue weighted by atomic mass is 9.75. The van der Waals surface area contributed by atoms with E-state index in [1.165, 1.54) is 27.3 Å². The summed E-state index contributed by atoms with van der Waals surface area (Å²) in [4.78, 5) is 8.85. The van der Waals surface area contributed by atoms with Crippen molar-refractivity contribution in [1.29, 1.82) is 0 Å². The molecule has 0 atom stereocenters. The van der Waals surface area contributed by atoms with E-state index in [1.54, 1.807) is 12.4 Å². The number of ether oxygens (including phenoxy) is 1. The van der Waals surface area contributed by atoms with Crippen LogP contribution in [0.1, 0.15) is 26.7 Å².